The number of benzene rings is 2. The van der Waals surface area contributed by atoms with Crippen molar-refractivity contribution in [1.82, 2.24) is 4.90 Å². The second kappa shape index (κ2) is 11.7. The summed E-state index contributed by atoms with van der Waals surface area (Å²) < 4.78 is 27.2. The summed E-state index contributed by atoms with van der Waals surface area (Å²) in [5.41, 5.74) is 7.03. The van der Waals surface area contributed by atoms with Crippen molar-refractivity contribution in [1.29, 1.82) is 0 Å². The third-order valence-electron chi connectivity index (χ3n) is 5.87. The van der Waals surface area contributed by atoms with Crippen LogP contribution in [0.15, 0.2) is 42.5 Å². The number of nitrogens with zero attached hydrogens (tertiary/aromatic N) is 1. The molecular weight excluding hydrogens is 412 g/mol. The van der Waals surface area contributed by atoms with E-state index in [0.29, 0.717) is 37.5 Å². The van der Waals surface area contributed by atoms with Gasteiger partial charge >= 0.3 is 0 Å². The largest absolute Gasteiger partial charge is 0.334 e. The smallest absolute Gasteiger partial charge is 0.254 e. The number of anilines is 1. The van der Waals surface area contributed by atoms with Gasteiger partial charge in [-0.25, -0.2) is 8.78 Å². The molecule has 2 aromatic carbocycles. The van der Waals surface area contributed by atoms with Crippen LogP contribution in [0.5, 0.6) is 0 Å². The molecule has 1 aliphatic carbocycles. The van der Waals surface area contributed by atoms with E-state index in [-0.39, 0.29) is 18.0 Å². The molecule has 32 heavy (non-hydrogen) atoms. The highest BCUT2D eigenvalue weighted by Gasteiger charge is 2.19. The van der Waals surface area contributed by atoms with Crippen LogP contribution in [0, 0.1) is 17.6 Å². The summed E-state index contributed by atoms with van der Waals surface area (Å²) in [7, 11) is 0. The Balaban J connectivity index is 1.65. The van der Waals surface area contributed by atoms with Gasteiger partial charge in [-0.1, -0.05) is 37.8 Å². The predicted octanol–water partition coefficient (Wildman–Crippen LogP) is 4.86. The van der Waals surface area contributed by atoms with Crippen molar-refractivity contribution in [2.75, 3.05) is 18.4 Å². The molecule has 1 aliphatic rings. The van der Waals surface area contributed by atoms with Gasteiger partial charge < -0.3 is 16.0 Å². The number of carbonyl (C=O) groups is 2. The predicted molar refractivity (Wildman–Crippen MR) is 121 cm³/mol. The first kappa shape index (κ1) is 23.9. The average molecular weight is 444 g/mol. The number of hydrogen-bond donors (Lipinski definition) is 2. The summed E-state index contributed by atoms with van der Waals surface area (Å²) >= 11 is 0. The average Bonchev–Trinajstić information content (AvgIpc) is 3.28. The van der Waals surface area contributed by atoms with E-state index in [4.69, 9.17) is 5.73 Å². The van der Waals surface area contributed by atoms with Crippen molar-refractivity contribution in [3.8, 4) is 0 Å². The number of nitrogens with two attached hydrogens (primary N) is 1. The van der Waals surface area contributed by atoms with Crippen LogP contribution in [0.25, 0.3) is 0 Å². The van der Waals surface area contributed by atoms with Gasteiger partial charge in [0.2, 0.25) is 5.91 Å². The summed E-state index contributed by atoms with van der Waals surface area (Å²) in [6, 6.07) is 10.1. The zero-order valence-electron chi connectivity index (χ0n) is 18.3. The maximum Gasteiger partial charge on any atom is 0.254 e. The Morgan fingerprint density at radius 3 is 2.47 bits per heavy atom. The van der Waals surface area contributed by atoms with E-state index >= 15 is 0 Å². The summed E-state index contributed by atoms with van der Waals surface area (Å²) in [6.45, 7) is 0.979. The molecule has 0 aliphatic heterocycles. The topological polar surface area (TPSA) is 75.4 Å². The molecule has 3 N–H and O–H groups in total. The highest BCUT2D eigenvalue weighted by atomic mass is 19.1. The van der Waals surface area contributed by atoms with Crippen molar-refractivity contribution >= 4 is 17.5 Å². The molecule has 1 saturated carbocycles. The summed E-state index contributed by atoms with van der Waals surface area (Å²) in [5, 5.41) is 2.94. The lowest BCUT2D eigenvalue weighted by atomic mass is 10.0. The van der Waals surface area contributed by atoms with E-state index in [9.17, 15) is 18.4 Å². The van der Waals surface area contributed by atoms with Crippen LogP contribution >= 0.6 is 0 Å². The molecule has 0 radical (unpaired) electrons. The second-order valence-electron chi connectivity index (χ2n) is 8.46. The molecule has 0 aromatic heterocycles. The highest BCUT2D eigenvalue weighted by molar-refractivity contribution is 5.94. The molecule has 0 saturated heterocycles. The van der Waals surface area contributed by atoms with Gasteiger partial charge in [0, 0.05) is 36.8 Å². The molecule has 2 aromatic rings. The molecule has 3 rings (SSSR count). The first-order valence-corrected chi connectivity index (χ1v) is 11.3. The van der Waals surface area contributed by atoms with Gasteiger partial charge in [0.05, 0.1) is 0 Å². The fourth-order valence-electron chi connectivity index (χ4n) is 4.22. The van der Waals surface area contributed by atoms with Gasteiger partial charge in [0.15, 0.2) is 0 Å². The minimum Gasteiger partial charge on any atom is -0.334 e. The summed E-state index contributed by atoms with van der Waals surface area (Å²) in [4.78, 5) is 26.8. The number of halogens is 2. The van der Waals surface area contributed by atoms with Gasteiger partial charge in [-0.2, -0.15) is 0 Å². The van der Waals surface area contributed by atoms with Gasteiger partial charge in [0.25, 0.3) is 5.91 Å². The van der Waals surface area contributed by atoms with Crippen LogP contribution in [-0.4, -0.2) is 29.8 Å². The summed E-state index contributed by atoms with van der Waals surface area (Å²) in [6.07, 6.45) is 6.92. The van der Waals surface area contributed by atoms with E-state index in [1.807, 2.05) is 24.3 Å². The van der Waals surface area contributed by atoms with Crippen LogP contribution < -0.4 is 11.1 Å². The minimum atomic E-state index is -0.797. The lowest BCUT2D eigenvalue weighted by Crippen LogP contribution is -2.32. The molecule has 7 heteroatoms. The molecule has 172 valence electrons. The second-order valence-corrected chi connectivity index (χ2v) is 8.46. The van der Waals surface area contributed by atoms with Crippen molar-refractivity contribution in [2.24, 2.45) is 11.7 Å². The van der Waals surface area contributed by atoms with Gasteiger partial charge in [0.1, 0.15) is 11.6 Å². The van der Waals surface area contributed by atoms with E-state index in [1.165, 1.54) is 30.6 Å². The Labute approximate surface area is 188 Å². The molecule has 2 amide bonds. The normalized spacial score (nSPS) is 13.8. The number of carbonyl (C=O) groups excluding carboxylic acids is 2. The monoisotopic (exact) mass is 443 g/mol. The number of hydrogen-bond acceptors (Lipinski definition) is 3. The maximum atomic E-state index is 13.6. The number of amides is 2. The maximum absolute atomic E-state index is 13.6. The molecule has 1 fully saturated rings. The highest BCUT2D eigenvalue weighted by Crippen LogP contribution is 2.28. The molecular formula is C25H31F2N3O2. The van der Waals surface area contributed by atoms with E-state index in [2.05, 4.69) is 5.32 Å². The van der Waals surface area contributed by atoms with Crippen molar-refractivity contribution in [2.45, 2.75) is 51.5 Å². The lowest BCUT2D eigenvalue weighted by molar-refractivity contribution is -0.116. The quantitative estimate of drug-likeness (QED) is 0.550. The molecule has 0 heterocycles. The van der Waals surface area contributed by atoms with Crippen LogP contribution in [-0.2, 0) is 11.3 Å². The van der Waals surface area contributed by atoms with Crippen LogP contribution in [0.2, 0.25) is 0 Å². The van der Waals surface area contributed by atoms with Gasteiger partial charge in [-0.3, -0.25) is 9.59 Å². The fourth-order valence-corrected chi connectivity index (χ4v) is 4.22. The van der Waals surface area contributed by atoms with Crippen LogP contribution in [0.4, 0.5) is 14.5 Å². The molecule has 0 atom stereocenters. The van der Waals surface area contributed by atoms with Crippen molar-refractivity contribution in [3.05, 3.63) is 65.2 Å². The standard InChI is InChI=1S/C25H31F2N3O2/c26-21-14-20(15-22(27)16-21)25(32)30(12-4-11-28)17-19-7-3-8-23(13-19)29-24(31)10-9-18-5-1-2-6-18/h3,7-8,13-16,18H,1-2,4-6,9-12,17,28H2,(H,29,31). The third kappa shape index (κ3) is 7.12. The Morgan fingerprint density at radius 1 is 1.06 bits per heavy atom. The Morgan fingerprint density at radius 2 is 1.78 bits per heavy atom. The third-order valence-corrected chi connectivity index (χ3v) is 5.87. The first-order chi connectivity index (χ1) is 15.4. The molecule has 0 bridgehead atoms. The van der Waals surface area contributed by atoms with Crippen molar-refractivity contribution < 1.29 is 18.4 Å². The van der Waals surface area contributed by atoms with Crippen LogP contribution in [0.1, 0.15) is 60.9 Å². The first-order valence-electron chi connectivity index (χ1n) is 11.3. The van der Waals surface area contributed by atoms with Crippen molar-refractivity contribution in [3.63, 3.8) is 0 Å². The van der Waals surface area contributed by atoms with E-state index < -0.39 is 17.5 Å². The number of nitrogens with one attached hydrogen (secondary N) is 1. The number of rotatable bonds is 10. The SMILES string of the molecule is NCCCN(Cc1cccc(NC(=O)CCC2CCCC2)c1)C(=O)c1cc(F)cc(F)c1. The molecule has 0 unspecified atom stereocenters. The minimum absolute atomic E-state index is 0.0136. The Hall–Kier alpha value is -2.80. The fraction of sp³-hybridized carbons (Fsp3) is 0.440. The lowest BCUT2D eigenvalue weighted by Gasteiger charge is -2.23. The zero-order chi connectivity index (χ0) is 22.9. The van der Waals surface area contributed by atoms with Gasteiger partial charge in [-0.15, -0.1) is 0 Å². The van der Waals surface area contributed by atoms with E-state index in [0.717, 1.165) is 30.2 Å². The summed E-state index contributed by atoms with van der Waals surface area (Å²) in [5.74, 6) is -1.42. The molecule has 0 spiro atoms. The molecule has 5 nitrogen and oxygen atoms in total. The van der Waals surface area contributed by atoms with E-state index in [1.54, 1.807) is 0 Å². The zero-order valence-corrected chi connectivity index (χ0v) is 18.3. The Bertz CT molecular complexity index is 909. The van der Waals surface area contributed by atoms with Crippen LogP contribution in [0.3, 0.4) is 0 Å². The Kier molecular flexibility index (Phi) is 8.73. The van der Waals surface area contributed by atoms with Gasteiger partial charge in [-0.05, 0) is 55.1 Å².